The Balaban J connectivity index is 1.30. The Bertz CT molecular complexity index is 1520. The summed E-state index contributed by atoms with van der Waals surface area (Å²) in [4.78, 5) is 19.6. The number of carbonyl (C=O) groups is 1. The first-order chi connectivity index (χ1) is 19.9. The van der Waals surface area contributed by atoms with Gasteiger partial charge >= 0.3 is 0 Å². The molecule has 0 spiro atoms. The van der Waals surface area contributed by atoms with Crippen molar-refractivity contribution in [2.24, 2.45) is 0 Å². The minimum atomic E-state index is -2.83. The lowest BCUT2D eigenvalue weighted by Gasteiger charge is -2.20. The minimum Gasteiger partial charge on any atom is -0.507 e. The second kappa shape index (κ2) is 11.6. The number of aromatic hydroxyl groups is 1. The molecule has 212 valence electrons. The minimum absolute atomic E-state index is 0.0581. The zero-order chi connectivity index (χ0) is 28.3. The predicted molar refractivity (Wildman–Crippen MR) is 148 cm³/mol. The molecule has 2 aliphatic heterocycles. The molecule has 1 aromatic heterocycles. The Kier molecular flexibility index (Phi) is 7.56. The van der Waals surface area contributed by atoms with E-state index >= 15 is 0 Å². The standard InChI is InChI=1S/C31H30F2N4O4/c32-30(33)22-12-27(38)29(28(13-22)41-17-20-4-2-1-3-5-20)31(39)37-15-23-10-21(14-36-8-7-34-19-36)11-26(25(23)16-37)35-24-6-9-40-18-24/h1-5,7-8,10-13,19,24,30,35,38H,6,9,14-18H2/t24-/m0/s1. The van der Waals surface area contributed by atoms with E-state index in [9.17, 15) is 18.7 Å². The number of hydrogen-bond acceptors (Lipinski definition) is 6. The number of amides is 1. The lowest BCUT2D eigenvalue weighted by Crippen LogP contribution is -2.26. The molecule has 2 N–H and O–H groups in total. The summed E-state index contributed by atoms with van der Waals surface area (Å²) in [7, 11) is 0. The summed E-state index contributed by atoms with van der Waals surface area (Å²) in [5.41, 5.74) is 4.20. The first kappa shape index (κ1) is 26.8. The van der Waals surface area contributed by atoms with Crippen molar-refractivity contribution in [3.8, 4) is 11.5 Å². The molecule has 4 aromatic rings. The maximum atomic E-state index is 13.9. The number of imidazole rings is 1. The van der Waals surface area contributed by atoms with Crippen LogP contribution in [0.15, 0.2) is 73.3 Å². The van der Waals surface area contributed by atoms with Gasteiger partial charge in [-0.05, 0) is 46.9 Å². The van der Waals surface area contributed by atoms with E-state index in [0.29, 0.717) is 32.8 Å². The number of rotatable bonds is 9. The zero-order valence-corrected chi connectivity index (χ0v) is 22.3. The Morgan fingerprint density at radius 1 is 1.15 bits per heavy atom. The summed E-state index contributed by atoms with van der Waals surface area (Å²) in [6.45, 7) is 2.57. The van der Waals surface area contributed by atoms with Crippen LogP contribution in [-0.2, 0) is 31.0 Å². The predicted octanol–water partition coefficient (Wildman–Crippen LogP) is 5.51. The molecule has 6 rings (SSSR count). The summed E-state index contributed by atoms with van der Waals surface area (Å²) in [5, 5.41) is 14.4. The lowest BCUT2D eigenvalue weighted by molar-refractivity contribution is 0.0742. The van der Waals surface area contributed by atoms with Gasteiger partial charge in [0.05, 0.1) is 19.0 Å². The number of halogens is 2. The van der Waals surface area contributed by atoms with Crippen molar-refractivity contribution in [2.75, 3.05) is 18.5 Å². The monoisotopic (exact) mass is 560 g/mol. The van der Waals surface area contributed by atoms with Gasteiger partial charge in [0.25, 0.3) is 12.3 Å². The van der Waals surface area contributed by atoms with E-state index in [-0.39, 0.29) is 24.0 Å². The van der Waals surface area contributed by atoms with Crippen LogP contribution in [0, 0.1) is 0 Å². The van der Waals surface area contributed by atoms with Crippen LogP contribution in [0.3, 0.4) is 0 Å². The van der Waals surface area contributed by atoms with E-state index in [1.54, 1.807) is 17.4 Å². The lowest BCUT2D eigenvalue weighted by atomic mass is 10.0. The molecular formula is C31H30F2N4O4. The third kappa shape index (κ3) is 5.88. The molecule has 8 nitrogen and oxygen atoms in total. The number of ether oxygens (including phenoxy) is 2. The van der Waals surface area contributed by atoms with Crippen molar-refractivity contribution in [2.45, 2.75) is 45.1 Å². The summed E-state index contributed by atoms with van der Waals surface area (Å²) in [5.74, 6) is -1.10. The highest BCUT2D eigenvalue weighted by Crippen LogP contribution is 2.38. The van der Waals surface area contributed by atoms with E-state index in [1.165, 1.54) is 0 Å². The van der Waals surface area contributed by atoms with E-state index < -0.39 is 23.6 Å². The Morgan fingerprint density at radius 2 is 2.00 bits per heavy atom. The molecule has 0 radical (unpaired) electrons. The van der Waals surface area contributed by atoms with Crippen molar-refractivity contribution in [3.63, 3.8) is 0 Å². The van der Waals surface area contributed by atoms with Crippen LogP contribution < -0.4 is 10.1 Å². The number of benzene rings is 3. The summed E-state index contributed by atoms with van der Waals surface area (Å²) >= 11 is 0. The second-order valence-corrected chi connectivity index (χ2v) is 10.4. The van der Waals surface area contributed by atoms with Gasteiger partial charge in [-0.3, -0.25) is 4.79 Å². The zero-order valence-electron chi connectivity index (χ0n) is 22.3. The molecule has 2 aliphatic rings. The number of carbonyl (C=O) groups excluding carboxylic acids is 1. The quantitative estimate of drug-likeness (QED) is 0.281. The molecule has 0 bridgehead atoms. The third-order valence-corrected chi connectivity index (χ3v) is 7.42. The first-order valence-corrected chi connectivity index (χ1v) is 13.5. The van der Waals surface area contributed by atoms with E-state index in [4.69, 9.17) is 9.47 Å². The molecule has 1 atom stereocenters. The smallest absolute Gasteiger partial charge is 0.264 e. The number of hydrogen-bond donors (Lipinski definition) is 2. The van der Waals surface area contributed by atoms with E-state index in [2.05, 4.69) is 22.4 Å². The fourth-order valence-electron chi connectivity index (χ4n) is 5.37. The van der Waals surface area contributed by atoms with Crippen LogP contribution in [0.1, 0.15) is 51.0 Å². The van der Waals surface area contributed by atoms with Gasteiger partial charge in [-0.25, -0.2) is 13.8 Å². The van der Waals surface area contributed by atoms with Crippen molar-refractivity contribution >= 4 is 11.6 Å². The normalized spacial score (nSPS) is 16.3. The Hall–Kier alpha value is -4.44. The van der Waals surface area contributed by atoms with E-state index in [1.807, 2.05) is 41.1 Å². The molecule has 1 amide bonds. The van der Waals surface area contributed by atoms with Crippen LogP contribution >= 0.6 is 0 Å². The molecule has 1 saturated heterocycles. The maximum absolute atomic E-state index is 13.9. The first-order valence-electron chi connectivity index (χ1n) is 13.5. The maximum Gasteiger partial charge on any atom is 0.264 e. The van der Waals surface area contributed by atoms with Crippen molar-refractivity contribution in [3.05, 3.63) is 107 Å². The van der Waals surface area contributed by atoms with Crippen molar-refractivity contribution in [1.82, 2.24) is 14.5 Å². The molecule has 0 saturated carbocycles. The van der Waals surface area contributed by atoms with Crippen molar-refractivity contribution in [1.29, 1.82) is 0 Å². The molecule has 3 heterocycles. The van der Waals surface area contributed by atoms with Gasteiger partial charge in [0.15, 0.2) is 0 Å². The highest BCUT2D eigenvalue weighted by atomic mass is 19.3. The SMILES string of the molecule is O=C(c1c(O)cc(C(F)F)cc1OCc1ccccc1)N1Cc2cc(Cn3ccnc3)cc(N[C@H]3CCOC3)c2C1. The molecule has 10 heteroatoms. The molecule has 3 aromatic carbocycles. The second-order valence-electron chi connectivity index (χ2n) is 10.4. The van der Waals surface area contributed by atoms with Crippen LogP contribution in [0.25, 0.3) is 0 Å². The molecule has 0 unspecified atom stereocenters. The van der Waals surface area contributed by atoms with Crippen LogP contribution in [0.4, 0.5) is 14.5 Å². The van der Waals surface area contributed by atoms with Crippen LogP contribution in [0.5, 0.6) is 11.5 Å². The number of aromatic nitrogens is 2. The van der Waals surface area contributed by atoms with Gasteiger partial charge in [-0.1, -0.05) is 36.4 Å². The Morgan fingerprint density at radius 3 is 2.73 bits per heavy atom. The third-order valence-electron chi connectivity index (χ3n) is 7.42. The summed E-state index contributed by atoms with van der Waals surface area (Å²) in [6.07, 6.45) is 3.43. The average molecular weight is 561 g/mol. The Labute approximate surface area is 236 Å². The highest BCUT2D eigenvalue weighted by Gasteiger charge is 2.32. The topological polar surface area (TPSA) is 88.9 Å². The molecule has 0 aliphatic carbocycles. The van der Waals surface area contributed by atoms with Gasteiger partial charge < -0.3 is 29.4 Å². The number of fused-ring (bicyclic) bond motifs is 1. The number of nitrogens with zero attached hydrogens (tertiary/aromatic N) is 3. The van der Waals surface area contributed by atoms with Gasteiger partial charge in [0, 0.05) is 49.9 Å². The van der Waals surface area contributed by atoms with Gasteiger partial charge in [0.2, 0.25) is 0 Å². The van der Waals surface area contributed by atoms with Crippen LogP contribution in [-0.4, -0.2) is 44.7 Å². The molecule has 41 heavy (non-hydrogen) atoms. The highest BCUT2D eigenvalue weighted by molar-refractivity contribution is 6.00. The van der Waals surface area contributed by atoms with Gasteiger partial charge in [-0.15, -0.1) is 0 Å². The largest absolute Gasteiger partial charge is 0.507 e. The van der Waals surface area contributed by atoms with E-state index in [0.717, 1.165) is 46.5 Å². The number of phenolic OH excluding ortho intramolecular Hbond substituents is 1. The molecular weight excluding hydrogens is 530 g/mol. The average Bonchev–Trinajstić information content (AvgIpc) is 3.75. The number of nitrogens with one attached hydrogen (secondary N) is 1. The van der Waals surface area contributed by atoms with Crippen molar-refractivity contribution < 1.29 is 28.2 Å². The van der Waals surface area contributed by atoms with Gasteiger partial charge in [0.1, 0.15) is 23.7 Å². The summed E-state index contributed by atoms with van der Waals surface area (Å²) in [6, 6.07) is 15.6. The fourth-order valence-corrected chi connectivity index (χ4v) is 5.37. The number of alkyl halides is 2. The van der Waals surface area contributed by atoms with Gasteiger partial charge in [-0.2, -0.15) is 0 Å². The number of phenols is 1. The summed E-state index contributed by atoms with van der Waals surface area (Å²) < 4.78 is 40.6. The number of anilines is 1. The molecule has 1 fully saturated rings. The fraction of sp³-hybridized carbons (Fsp3) is 0.290. The van der Waals surface area contributed by atoms with Crippen LogP contribution in [0.2, 0.25) is 0 Å².